The number of pyridine rings is 1. The monoisotopic (exact) mass is 467 g/mol. The zero-order valence-corrected chi connectivity index (χ0v) is 20.1. The molecule has 1 fully saturated rings. The molecule has 4 aromatic rings. The van der Waals surface area contributed by atoms with E-state index in [4.69, 9.17) is 4.74 Å². The van der Waals surface area contributed by atoms with E-state index in [1.165, 1.54) is 10.9 Å². The number of fused-ring (bicyclic) bond motifs is 1. The average molecular weight is 468 g/mol. The Morgan fingerprint density at radius 1 is 1.11 bits per heavy atom. The summed E-state index contributed by atoms with van der Waals surface area (Å²) in [4.78, 5) is 28.4. The van der Waals surface area contributed by atoms with Gasteiger partial charge in [-0.15, -0.1) is 0 Å². The highest BCUT2D eigenvalue weighted by atomic mass is 16.5. The van der Waals surface area contributed by atoms with Crippen LogP contribution in [-0.4, -0.2) is 52.1 Å². The fraction of sp³-hybridized carbons (Fsp3) is 0.286. The molecule has 3 heterocycles. The van der Waals surface area contributed by atoms with Gasteiger partial charge in [0.15, 0.2) is 0 Å². The Labute approximate surface area is 205 Å². The Bertz CT molecular complexity index is 1330. The van der Waals surface area contributed by atoms with Gasteiger partial charge in [-0.05, 0) is 55.5 Å². The molecule has 1 saturated heterocycles. The van der Waals surface area contributed by atoms with Crippen LogP contribution < -0.4 is 5.32 Å². The van der Waals surface area contributed by atoms with Gasteiger partial charge in [-0.2, -0.15) is 0 Å². The summed E-state index contributed by atoms with van der Waals surface area (Å²) in [6.07, 6.45) is 4.57. The Hall–Kier alpha value is -3.84. The normalized spacial score (nSPS) is 16.2. The molecule has 2 aromatic carbocycles. The third-order valence-corrected chi connectivity index (χ3v) is 6.25. The maximum atomic E-state index is 13.5. The lowest BCUT2D eigenvalue weighted by atomic mass is 9.95. The number of carbonyl (C=O) groups is 1. The van der Waals surface area contributed by atoms with Crippen LogP contribution in [0, 0.1) is 19.8 Å². The summed E-state index contributed by atoms with van der Waals surface area (Å²) < 4.78 is 5.90. The molecular formula is C28H29N5O2. The summed E-state index contributed by atoms with van der Waals surface area (Å²) in [6, 6.07) is 17.8. The van der Waals surface area contributed by atoms with Gasteiger partial charge >= 0.3 is 0 Å². The van der Waals surface area contributed by atoms with Crippen molar-refractivity contribution in [2.75, 3.05) is 31.6 Å². The molecule has 0 bridgehead atoms. The highest BCUT2D eigenvalue weighted by molar-refractivity contribution is 5.95. The number of amides is 1. The third kappa shape index (κ3) is 5.46. The quantitative estimate of drug-likeness (QED) is 0.458. The van der Waals surface area contributed by atoms with Crippen LogP contribution in [0.5, 0.6) is 0 Å². The molecular weight excluding hydrogens is 438 g/mol. The molecule has 1 unspecified atom stereocenters. The Morgan fingerprint density at radius 2 is 2.00 bits per heavy atom. The van der Waals surface area contributed by atoms with Crippen molar-refractivity contribution < 1.29 is 9.53 Å². The van der Waals surface area contributed by atoms with Crippen molar-refractivity contribution in [1.29, 1.82) is 0 Å². The molecule has 0 aliphatic carbocycles. The number of nitrogens with one attached hydrogen (secondary N) is 1. The number of hydrogen-bond donors (Lipinski definition) is 1. The van der Waals surface area contributed by atoms with Gasteiger partial charge in [-0.3, -0.25) is 9.78 Å². The molecule has 5 rings (SSSR count). The molecule has 1 atom stereocenters. The number of benzene rings is 2. The summed E-state index contributed by atoms with van der Waals surface area (Å²) in [5, 5.41) is 5.64. The second-order valence-corrected chi connectivity index (χ2v) is 9.06. The summed E-state index contributed by atoms with van der Waals surface area (Å²) in [5.74, 6) is 1.65. The van der Waals surface area contributed by atoms with E-state index in [0.29, 0.717) is 43.5 Å². The fourth-order valence-corrected chi connectivity index (χ4v) is 4.71. The molecule has 0 spiro atoms. The van der Waals surface area contributed by atoms with Crippen LogP contribution >= 0.6 is 0 Å². The van der Waals surface area contributed by atoms with Gasteiger partial charge in [0.1, 0.15) is 11.6 Å². The van der Waals surface area contributed by atoms with Crippen LogP contribution in [-0.2, 0) is 11.2 Å². The number of anilines is 2. The van der Waals surface area contributed by atoms with Gasteiger partial charge < -0.3 is 15.0 Å². The molecule has 1 N–H and O–H groups in total. The minimum absolute atomic E-state index is 0.0151. The van der Waals surface area contributed by atoms with Gasteiger partial charge in [0.25, 0.3) is 5.91 Å². The maximum Gasteiger partial charge on any atom is 0.254 e. The van der Waals surface area contributed by atoms with E-state index >= 15 is 0 Å². The number of carbonyl (C=O) groups excluding carboxylic acids is 1. The van der Waals surface area contributed by atoms with Crippen LogP contribution in [0.3, 0.4) is 0 Å². The lowest BCUT2D eigenvalue weighted by Crippen LogP contribution is -2.36. The van der Waals surface area contributed by atoms with Crippen molar-refractivity contribution in [3.8, 4) is 0 Å². The SMILES string of the molecule is Cc1cc(Nc2cccc(C(=O)N3CCOCC(Cc4cccc5cnccc45)C3)c2)nc(C)n1. The molecule has 2 aromatic heterocycles. The Kier molecular flexibility index (Phi) is 6.68. The van der Waals surface area contributed by atoms with Crippen molar-refractivity contribution in [2.24, 2.45) is 5.92 Å². The molecule has 0 saturated carbocycles. The highest BCUT2D eigenvalue weighted by Crippen LogP contribution is 2.23. The zero-order chi connectivity index (χ0) is 24.2. The number of aryl methyl sites for hydroxylation is 2. The van der Waals surface area contributed by atoms with Crippen molar-refractivity contribution in [3.05, 3.63) is 89.6 Å². The number of ether oxygens (including phenoxy) is 1. The van der Waals surface area contributed by atoms with E-state index in [1.54, 1.807) is 0 Å². The average Bonchev–Trinajstić information content (AvgIpc) is 3.09. The van der Waals surface area contributed by atoms with E-state index in [0.717, 1.165) is 23.2 Å². The van der Waals surface area contributed by atoms with E-state index in [9.17, 15) is 4.79 Å². The minimum Gasteiger partial charge on any atom is -0.379 e. The first-order valence-electron chi connectivity index (χ1n) is 11.9. The molecule has 1 aliphatic rings. The highest BCUT2D eigenvalue weighted by Gasteiger charge is 2.24. The first kappa shape index (κ1) is 22.9. The largest absolute Gasteiger partial charge is 0.379 e. The van der Waals surface area contributed by atoms with Gasteiger partial charge in [0.05, 0.1) is 13.2 Å². The number of hydrogen-bond acceptors (Lipinski definition) is 6. The minimum atomic E-state index is 0.0151. The molecule has 7 nitrogen and oxygen atoms in total. The predicted molar refractivity (Wildman–Crippen MR) is 137 cm³/mol. The van der Waals surface area contributed by atoms with Crippen LogP contribution in [0.15, 0.2) is 67.0 Å². The number of rotatable bonds is 5. The van der Waals surface area contributed by atoms with Gasteiger partial charge in [0.2, 0.25) is 0 Å². The fourth-order valence-electron chi connectivity index (χ4n) is 4.71. The summed E-state index contributed by atoms with van der Waals surface area (Å²) >= 11 is 0. The van der Waals surface area contributed by atoms with E-state index in [-0.39, 0.29) is 11.8 Å². The van der Waals surface area contributed by atoms with Crippen molar-refractivity contribution in [3.63, 3.8) is 0 Å². The van der Waals surface area contributed by atoms with E-state index in [2.05, 4.69) is 44.5 Å². The van der Waals surface area contributed by atoms with Crippen LogP contribution in [0.25, 0.3) is 10.8 Å². The summed E-state index contributed by atoms with van der Waals surface area (Å²) in [6.45, 7) is 6.22. The second-order valence-electron chi connectivity index (χ2n) is 9.06. The van der Waals surface area contributed by atoms with Crippen LogP contribution in [0.2, 0.25) is 0 Å². The van der Waals surface area contributed by atoms with Crippen molar-refractivity contribution in [2.45, 2.75) is 20.3 Å². The smallest absolute Gasteiger partial charge is 0.254 e. The zero-order valence-electron chi connectivity index (χ0n) is 20.1. The molecule has 1 amide bonds. The lowest BCUT2D eigenvalue weighted by Gasteiger charge is -2.24. The molecule has 1 aliphatic heterocycles. The van der Waals surface area contributed by atoms with Crippen molar-refractivity contribution in [1.82, 2.24) is 19.9 Å². The molecule has 0 radical (unpaired) electrons. The first-order valence-corrected chi connectivity index (χ1v) is 11.9. The first-order chi connectivity index (χ1) is 17.0. The van der Waals surface area contributed by atoms with Gasteiger partial charge in [0, 0.05) is 59.8 Å². The van der Waals surface area contributed by atoms with Gasteiger partial charge in [-0.1, -0.05) is 24.3 Å². The van der Waals surface area contributed by atoms with Crippen molar-refractivity contribution >= 4 is 28.2 Å². The maximum absolute atomic E-state index is 13.5. The van der Waals surface area contributed by atoms with Gasteiger partial charge in [-0.25, -0.2) is 9.97 Å². The Balaban J connectivity index is 1.32. The predicted octanol–water partition coefficient (Wildman–Crippen LogP) is 4.72. The standard InChI is InChI=1S/C28H29N5O2/c1-19-13-27(31-20(2)30-19)32-25-8-4-6-23(15-25)28(34)33-11-12-35-18-21(17-33)14-22-5-3-7-24-16-29-10-9-26(22)24/h3-10,13,15-16,21H,11-12,14,17-18H2,1-2H3,(H,30,31,32). The number of aromatic nitrogens is 3. The topological polar surface area (TPSA) is 80.2 Å². The summed E-state index contributed by atoms with van der Waals surface area (Å²) in [5.41, 5.74) is 3.62. The Morgan fingerprint density at radius 3 is 2.89 bits per heavy atom. The molecule has 35 heavy (non-hydrogen) atoms. The van der Waals surface area contributed by atoms with Crippen LogP contribution in [0.4, 0.5) is 11.5 Å². The van der Waals surface area contributed by atoms with Crippen LogP contribution in [0.1, 0.15) is 27.4 Å². The third-order valence-electron chi connectivity index (χ3n) is 6.25. The second kappa shape index (κ2) is 10.2. The summed E-state index contributed by atoms with van der Waals surface area (Å²) in [7, 11) is 0. The molecule has 178 valence electrons. The lowest BCUT2D eigenvalue weighted by molar-refractivity contribution is 0.0737. The van der Waals surface area contributed by atoms with E-state index in [1.807, 2.05) is 61.5 Å². The number of nitrogens with zero attached hydrogens (tertiary/aromatic N) is 4. The molecule has 7 heteroatoms. The van der Waals surface area contributed by atoms with E-state index < -0.39 is 0 Å².